The number of aromatic nitrogens is 4. The predicted octanol–water partition coefficient (Wildman–Crippen LogP) is 2.16. The monoisotopic (exact) mass is 445 g/mol. The van der Waals surface area contributed by atoms with Crippen LogP contribution in [0.4, 0.5) is 17.5 Å². The minimum atomic E-state index is -0.372. The van der Waals surface area contributed by atoms with Gasteiger partial charge in [0.15, 0.2) is 5.82 Å². The summed E-state index contributed by atoms with van der Waals surface area (Å²) in [6.07, 6.45) is 9.79. The van der Waals surface area contributed by atoms with Crippen LogP contribution in [-0.2, 0) is 9.59 Å². The zero-order valence-electron chi connectivity index (χ0n) is 17.2. The average Bonchev–Trinajstić information content (AvgIpc) is 3.40. The van der Waals surface area contributed by atoms with Gasteiger partial charge in [0.1, 0.15) is 5.02 Å². The normalized spacial score (nSPS) is 23.9. The van der Waals surface area contributed by atoms with E-state index in [2.05, 4.69) is 37.9 Å². The van der Waals surface area contributed by atoms with Gasteiger partial charge in [-0.05, 0) is 24.2 Å². The largest absolute Gasteiger partial charge is 0.369 e. The van der Waals surface area contributed by atoms with Crippen molar-refractivity contribution in [1.29, 1.82) is 0 Å². The van der Waals surface area contributed by atoms with Crippen molar-refractivity contribution in [2.75, 3.05) is 10.6 Å². The molecule has 2 heterocycles. The Morgan fingerprint density at radius 1 is 1.32 bits per heavy atom. The van der Waals surface area contributed by atoms with Crippen molar-refractivity contribution >= 4 is 40.9 Å². The van der Waals surface area contributed by atoms with E-state index < -0.39 is 0 Å². The van der Waals surface area contributed by atoms with Crippen LogP contribution in [0.15, 0.2) is 30.7 Å². The molecule has 31 heavy (non-hydrogen) atoms. The SMILES string of the molecule is CC(C)CC(=O)On1cc(Nc2ncc(Cl)c(N[C@H]3[C@@H](C(N)=O)[C@@H]4C=C[C@H]3C4)n2)cn1. The molecule has 0 spiro atoms. The summed E-state index contributed by atoms with van der Waals surface area (Å²) in [6.45, 7) is 3.86. The molecule has 2 bridgehead atoms. The van der Waals surface area contributed by atoms with Gasteiger partial charge in [-0.15, -0.1) is 5.10 Å². The fourth-order valence-electron chi connectivity index (χ4n) is 4.12. The fraction of sp³-hybridized carbons (Fsp3) is 0.450. The quantitative estimate of drug-likeness (QED) is 0.525. The Hall–Kier alpha value is -3.14. The number of carbonyl (C=O) groups is 2. The van der Waals surface area contributed by atoms with Crippen molar-refractivity contribution in [3.05, 3.63) is 35.8 Å². The van der Waals surface area contributed by atoms with Crippen molar-refractivity contribution in [3.63, 3.8) is 0 Å². The summed E-state index contributed by atoms with van der Waals surface area (Å²) >= 11 is 6.29. The van der Waals surface area contributed by atoms with E-state index in [0.29, 0.717) is 22.9 Å². The summed E-state index contributed by atoms with van der Waals surface area (Å²) in [5.41, 5.74) is 6.16. The third kappa shape index (κ3) is 4.63. The maximum Gasteiger partial charge on any atom is 0.335 e. The van der Waals surface area contributed by atoms with Crippen molar-refractivity contribution in [2.45, 2.75) is 32.7 Å². The van der Waals surface area contributed by atoms with Crippen molar-refractivity contribution in [2.24, 2.45) is 29.4 Å². The molecule has 0 saturated heterocycles. The number of nitrogens with one attached hydrogen (secondary N) is 2. The van der Waals surface area contributed by atoms with Gasteiger partial charge >= 0.3 is 5.97 Å². The van der Waals surface area contributed by atoms with Crippen LogP contribution in [0.3, 0.4) is 0 Å². The number of hydrogen-bond donors (Lipinski definition) is 3. The number of nitrogens with two attached hydrogens (primary N) is 1. The van der Waals surface area contributed by atoms with Crippen LogP contribution in [0, 0.1) is 23.7 Å². The smallest absolute Gasteiger partial charge is 0.335 e. The second-order valence-corrected chi connectivity index (χ2v) is 8.66. The molecule has 4 atom stereocenters. The molecule has 2 aliphatic rings. The number of anilines is 3. The Morgan fingerprint density at radius 3 is 2.84 bits per heavy atom. The predicted molar refractivity (Wildman–Crippen MR) is 114 cm³/mol. The van der Waals surface area contributed by atoms with Gasteiger partial charge in [-0.25, -0.2) is 9.78 Å². The number of allylic oxidation sites excluding steroid dienone is 1. The van der Waals surface area contributed by atoms with Gasteiger partial charge in [0.25, 0.3) is 0 Å². The lowest BCUT2D eigenvalue weighted by atomic mass is 9.88. The second kappa shape index (κ2) is 8.54. The third-order valence-corrected chi connectivity index (χ3v) is 5.70. The van der Waals surface area contributed by atoms with Crippen LogP contribution < -0.4 is 21.2 Å². The summed E-state index contributed by atoms with van der Waals surface area (Å²) in [5.74, 6) is 0.192. The first kappa shape index (κ1) is 21.1. The standard InChI is InChI=1S/C20H24ClN7O3/c1-10(2)5-15(29)31-28-9-13(7-24-28)25-20-23-8-14(21)19(27-20)26-17-12-4-3-11(6-12)16(17)18(22)30/h3-4,7-12,16-17H,5-6H2,1-2H3,(H2,22,30)(H2,23,25,26,27)/t11-,12+,16+,17-/m1/s1. The molecule has 1 saturated carbocycles. The van der Waals surface area contributed by atoms with Crippen molar-refractivity contribution < 1.29 is 14.4 Å². The summed E-state index contributed by atoms with van der Waals surface area (Å²) < 4.78 is 0. The number of nitrogens with zero attached hydrogens (tertiary/aromatic N) is 4. The molecule has 1 fully saturated rings. The van der Waals surface area contributed by atoms with Gasteiger partial charge < -0.3 is 21.2 Å². The van der Waals surface area contributed by atoms with Crippen molar-refractivity contribution in [1.82, 2.24) is 19.9 Å². The average molecular weight is 446 g/mol. The highest BCUT2D eigenvalue weighted by Crippen LogP contribution is 2.45. The van der Waals surface area contributed by atoms with E-state index in [4.69, 9.17) is 22.2 Å². The van der Waals surface area contributed by atoms with Gasteiger partial charge in [0.2, 0.25) is 11.9 Å². The molecule has 4 rings (SSSR count). The van der Waals surface area contributed by atoms with Gasteiger partial charge in [0.05, 0.1) is 36.6 Å². The Labute approximate surface area is 184 Å². The molecular weight excluding hydrogens is 422 g/mol. The number of carbonyl (C=O) groups excluding carboxylic acids is 2. The number of rotatable bonds is 8. The second-order valence-electron chi connectivity index (χ2n) is 8.25. The Balaban J connectivity index is 1.45. The Morgan fingerprint density at radius 2 is 2.10 bits per heavy atom. The number of hydrogen-bond acceptors (Lipinski definition) is 8. The van der Waals surface area contributed by atoms with Gasteiger partial charge in [-0.1, -0.05) is 42.4 Å². The van der Waals surface area contributed by atoms with E-state index in [1.54, 1.807) is 0 Å². The molecule has 164 valence electrons. The molecule has 10 nitrogen and oxygen atoms in total. The molecule has 2 aromatic heterocycles. The zero-order valence-corrected chi connectivity index (χ0v) is 17.9. The lowest BCUT2D eigenvalue weighted by molar-refractivity contribution is -0.146. The van der Waals surface area contributed by atoms with Gasteiger partial charge in [0, 0.05) is 6.04 Å². The molecular formula is C20H24ClN7O3. The molecule has 0 unspecified atom stereocenters. The van der Waals surface area contributed by atoms with Crippen LogP contribution in [0.5, 0.6) is 0 Å². The Bertz CT molecular complexity index is 1020. The highest BCUT2D eigenvalue weighted by atomic mass is 35.5. The van der Waals surface area contributed by atoms with Crippen LogP contribution in [0.1, 0.15) is 26.7 Å². The maximum atomic E-state index is 11.9. The summed E-state index contributed by atoms with van der Waals surface area (Å²) in [5, 5.41) is 10.6. The third-order valence-electron chi connectivity index (χ3n) is 5.42. The van der Waals surface area contributed by atoms with Crippen molar-refractivity contribution in [3.8, 4) is 0 Å². The highest BCUT2D eigenvalue weighted by molar-refractivity contribution is 6.32. The van der Waals surface area contributed by atoms with Crippen LogP contribution in [0.25, 0.3) is 0 Å². The zero-order chi connectivity index (χ0) is 22.1. The lowest BCUT2D eigenvalue weighted by Crippen LogP contribution is -2.41. The molecule has 0 aromatic carbocycles. The van der Waals surface area contributed by atoms with Crippen LogP contribution in [-0.4, -0.2) is 37.8 Å². The van der Waals surface area contributed by atoms with E-state index in [1.165, 1.54) is 18.6 Å². The van der Waals surface area contributed by atoms with Crippen LogP contribution >= 0.6 is 11.6 Å². The minimum absolute atomic E-state index is 0.141. The summed E-state index contributed by atoms with van der Waals surface area (Å²) in [4.78, 5) is 38.6. The van der Waals surface area contributed by atoms with E-state index in [0.717, 1.165) is 11.3 Å². The molecule has 0 radical (unpaired) electrons. The number of amides is 1. The topological polar surface area (TPSA) is 137 Å². The molecule has 2 aromatic rings. The maximum absolute atomic E-state index is 11.9. The first-order valence-corrected chi connectivity index (χ1v) is 10.5. The number of fused-ring (bicyclic) bond motifs is 2. The number of primary amides is 1. The molecule has 11 heteroatoms. The lowest BCUT2D eigenvalue weighted by Gasteiger charge is -2.27. The summed E-state index contributed by atoms with van der Waals surface area (Å²) in [7, 11) is 0. The first-order chi connectivity index (χ1) is 14.8. The Kier molecular flexibility index (Phi) is 5.81. The molecule has 1 amide bonds. The van der Waals surface area contributed by atoms with E-state index in [-0.39, 0.29) is 47.5 Å². The first-order valence-electron chi connectivity index (χ1n) is 10.1. The van der Waals surface area contributed by atoms with Gasteiger partial charge in [-0.3, -0.25) is 4.79 Å². The minimum Gasteiger partial charge on any atom is -0.369 e. The van der Waals surface area contributed by atoms with E-state index in [1.807, 2.05) is 13.8 Å². The van der Waals surface area contributed by atoms with E-state index >= 15 is 0 Å². The highest BCUT2D eigenvalue weighted by Gasteiger charge is 2.47. The molecule has 4 N–H and O–H groups in total. The number of halogens is 1. The van der Waals surface area contributed by atoms with Crippen LogP contribution in [0.2, 0.25) is 5.02 Å². The fourth-order valence-corrected chi connectivity index (χ4v) is 4.26. The summed E-state index contributed by atoms with van der Waals surface area (Å²) in [6, 6.07) is -0.170. The van der Waals surface area contributed by atoms with Gasteiger partial charge in [-0.2, -0.15) is 4.98 Å². The molecule has 0 aliphatic heterocycles. The molecule has 2 aliphatic carbocycles. The van der Waals surface area contributed by atoms with E-state index in [9.17, 15) is 9.59 Å².